The van der Waals surface area contributed by atoms with Crippen LogP contribution in [0.2, 0.25) is 0 Å². The third-order valence-electron chi connectivity index (χ3n) is 15.5. The maximum absolute atomic E-state index is 3.91. The van der Waals surface area contributed by atoms with E-state index in [4.69, 9.17) is 0 Å². The Bertz CT molecular complexity index is 1740. The van der Waals surface area contributed by atoms with Crippen molar-refractivity contribution in [1.29, 1.82) is 0 Å². The molecule has 4 aromatic carbocycles. The highest BCUT2D eigenvalue weighted by Gasteiger charge is 2.69. The molecule has 8 aliphatic rings. The van der Waals surface area contributed by atoms with Crippen LogP contribution in [0.3, 0.4) is 0 Å². The highest BCUT2D eigenvalue weighted by molar-refractivity contribution is 7.72. The minimum Gasteiger partial charge on any atom is -0.125 e. The summed E-state index contributed by atoms with van der Waals surface area (Å²) in [6.45, 7) is 4.71. The Morgan fingerprint density at radius 1 is 0.540 bits per heavy atom. The molecule has 258 valence electrons. The smallest absolute Gasteiger partial charge is 0.0213 e. The van der Waals surface area contributed by atoms with Gasteiger partial charge in [-0.25, -0.2) is 0 Å². The third kappa shape index (κ3) is 5.04. The molecule has 4 aromatic rings. The van der Waals surface area contributed by atoms with E-state index in [0.29, 0.717) is 10.8 Å². The van der Waals surface area contributed by atoms with Crippen LogP contribution in [0, 0.1) is 60.2 Å². The average molecular weight is 695 g/mol. The van der Waals surface area contributed by atoms with Crippen LogP contribution in [0.25, 0.3) is 11.1 Å². The molecular weight excluding hydrogens is 638 g/mol. The van der Waals surface area contributed by atoms with Gasteiger partial charge < -0.3 is 0 Å². The number of hydrogen-bond acceptors (Lipinski definition) is 0. The van der Waals surface area contributed by atoms with E-state index < -0.39 is 7.92 Å². The number of benzene rings is 4. The molecule has 0 nitrogen and oxygen atoms in total. The van der Waals surface area contributed by atoms with Gasteiger partial charge in [0.1, 0.15) is 0 Å². The molecule has 1 unspecified atom stereocenters. The summed E-state index contributed by atoms with van der Waals surface area (Å²) in [7, 11) is 3.32. The Balaban J connectivity index is 1.21. The maximum Gasteiger partial charge on any atom is 0.0213 e. The van der Waals surface area contributed by atoms with Crippen LogP contribution < -0.4 is 10.6 Å². The van der Waals surface area contributed by atoms with Gasteiger partial charge in [0.2, 0.25) is 0 Å². The first-order chi connectivity index (χ1) is 24.3. The minimum atomic E-state index is -0.589. The van der Waals surface area contributed by atoms with Gasteiger partial charge in [-0.2, -0.15) is 0 Å². The molecule has 0 spiro atoms. The van der Waals surface area contributed by atoms with Gasteiger partial charge in [0.15, 0.2) is 0 Å². The standard InChI is InChI=1S/C48H56P2/c1-32-10-6-8-14-44(32)50(45-15-9-7-11-33(45)2)31-42-24-41(40-12-4-3-5-13-40)16-17-43(42)48(49,46-25-34-18-35(26-46)20-36(19-34)27-46)47-28-37-21-38(29-47)23-39(22-37)30-47/h3-17,24,34-39H,18-23,25-31,49H2,1-2H3. The van der Waals surface area contributed by atoms with E-state index in [1.807, 2.05) is 0 Å². The molecule has 0 amide bonds. The first-order valence-corrected chi connectivity index (χ1v) is 22.3. The average Bonchev–Trinajstić information content (AvgIpc) is 3.10. The summed E-state index contributed by atoms with van der Waals surface area (Å²) in [5.41, 5.74) is 9.88. The Hall–Kier alpha value is -2.26. The van der Waals surface area contributed by atoms with Crippen LogP contribution in [0.4, 0.5) is 0 Å². The molecule has 8 bridgehead atoms. The molecule has 0 aliphatic heterocycles. The summed E-state index contributed by atoms with van der Waals surface area (Å²) in [6, 6.07) is 37.9. The Morgan fingerprint density at radius 3 is 1.40 bits per heavy atom. The largest absolute Gasteiger partial charge is 0.125 e. The summed E-state index contributed by atoms with van der Waals surface area (Å²) in [5.74, 6) is 5.74. The van der Waals surface area contributed by atoms with Crippen molar-refractivity contribution in [2.75, 3.05) is 0 Å². The summed E-state index contributed by atoms with van der Waals surface area (Å²) in [6.07, 6.45) is 19.1. The fraction of sp³-hybridized carbons (Fsp3) is 0.500. The van der Waals surface area contributed by atoms with Crippen molar-refractivity contribution in [2.45, 2.75) is 102 Å². The predicted octanol–water partition coefficient (Wildman–Crippen LogP) is 12.1. The fourth-order valence-electron chi connectivity index (χ4n) is 14.4. The second-order valence-corrected chi connectivity index (χ2v) is 21.6. The lowest BCUT2D eigenvalue weighted by Gasteiger charge is -2.72. The van der Waals surface area contributed by atoms with Crippen LogP contribution >= 0.6 is 17.2 Å². The number of aryl methyl sites for hydroxylation is 2. The Kier molecular flexibility index (Phi) is 7.87. The monoisotopic (exact) mass is 694 g/mol. The van der Waals surface area contributed by atoms with Gasteiger partial charge in [0.25, 0.3) is 0 Å². The van der Waals surface area contributed by atoms with Gasteiger partial charge in [-0.05, 0) is 189 Å². The minimum absolute atomic E-state index is 0.134. The fourth-order valence-corrected chi connectivity index (χ4v) is 18.2. The molecule has 0 saturated heterocycles. The molecule has 8 saturated carbocycles. The first kappa shape index (κ1) is 32.4. The van der Waals surface area contributed by atoms with Crippen LogP contribution in [-0.4, -0.2) is 0 Å². The van der Waals surface area contributed by atoms with Gasteiger partial charge in [-0.15, -0.1) is 9.24 Å². The topological polar surface area (TPSA) is 0 Å². The number of rotatable bonds is 8. The second kappa shape index (κ2) is 12.1. The molecule has 2 heteroatoms. The molecule has 12 rings (SSSR count). The van der Waals surface area contributed by atoms with Crippen molar-refractivity contribution in [3.63, 3.8) is 0 Å². The molecule has 0 aromatic heterocycles. The zero-order valence-electron chi connectivity index (χ0n) is 30.4. The van der Waals surface area contributed by atoms with Gasteiger partial charge >= 0.3 is 0 Å². The molecule has 0 heterocycles. The van der Waals surface area contributed by atoms with Crippen LogP contribution in [-0.2, 0) is 11.3 Å². The number of hydrogen-bond donors (Lipinski definition) is 0. The summed E-state index contributed by atoms with van der Waals surface area (Å²) < 4.78 is 0. The summed E-state index contributed by atoms with van der Waals surface area (Å²) in [5, 5.41) is 3.26. The highest BCUT2D eigenvalue weighted by Crippen LogP contribution is 2.78. The third-order valence-corrected chi connectivity index (χ3v) is 19.9. The van der Waals surface area contributed by atoms with E-state index in [0.717, 1.165) is 41.7 Å². The Morgan fingerprint density at radius 2 is 0.960 bits per heavy atom. The zero-order valence-corrected chi connectivity index (χ0v) is 32.5. The lowest BCUT2D eigenvalue weighted by Crippen LogP contribution is -2.64. The molecular formula is C48H56P2. The van der Waals surface area contributed by atoms with Crippen molar-refractivity contribution in [3.05, 3.63) is 119 Å². The predicted molar refractivity (Wildman–Crippen MR) is 217 cm³/mol. The maximum atomic E-state index is 3.91. The molecule has 1 atom stereocenters. The lowest BCUT2D eigenvalue weighted by atomic mass is 9.37. The lowest BCUT2D eigenvalue weighted by molar-refractivity contribution is -0.158. The Labute approximate surface area is 305 Å². The molecule has 8 fully saturated rings. The van der Waals surface area contributed by atoms with E-state index in [1.165, 1.54) is 99.3 Å². The SMILES string of the molecule is Cc1ccccc1P(Cc1cc(-c2ccccc2)ccc1C(P)(C12CC3CC(CC(C3)C1)C2)C12CC3CC(CC(C3)C1)C2)c1ccccc1C. The normalized spacial score (nSPS) is 34.7. The highest BCUT2D eigenvalue weighted by atomic mass is 31.1. The second-order valence-electron chi connectivity index (χ2n) is 18.6. The molecule has 50 heavy (non-hydrogen) atoms. The molecule has 0 N–H and O–H groups in total. The van der Waals surface area contributed by atoms with E-state index >= 15 is 0 Å². The summed E-state index contributed by atoms with van der Waals surface area (Å²) >= 11 is 0. The van der Waals surface area contributed by atoms with Crippen molar-refractivity contribution in [3.8, 4) is 11.1 Å². The van der Waals surface area contributed by atoms with Crippen molar-refractivity contribution in [1.82, 2.24) is 0 Å². The van der Waals surface area contributed by atoms with E-state index in [-0.39, 0.29) is 5.16 Å². The van der Waals surface area contributed by atoms with Gasteiger partial charge in [-0.1, -0.05) is 97.1 Å². The molecule has 0 radical (unpaired) electrons. The van der Waals surface area contributed by atoms with E-state index in [1.54, 1.807) is 21.7 Å². The van der Waals surface area contributed by atoms with E-state index in [9.17, 15) is 0 Å². The van der Waals surface area contributed by atoms with Crippen LogP contribution in [0.5, 0.6) is 0 Å². The van der Waals surface area contributed by atoms with Gasteiger partial charge in [0.05, 0.1) is 0 Å². The van der Waals surface area contributed by atoms with Gasteiger partial charge in [0, 0.05) is 11.3 Å². The summed E-state index contributed by atoms with van der Waals surface area (Å²) in [4.78, 5) is 0. The first-order valence-electron chi connectivity index (χ1n) is 20.2. The molecule has 8 aliphatic carbocycles. The van der Waals surface area contributed by atoms with Crippen molar-refractivity contribution >= 4 is 27.8 Å². The van der Waals surface area contributed by atoms with Crippen LogP contribution in [0.15, 0.2) is 97.1 Å². The van der Waals surface area contributed by atoms with Crippen molar-refractivity contribution < 1.29 is 0 Å². The zero-order chi connectivity index (χ0) is 33.7. The van der Waals surface area contributed by atoms with E-state index in [2.05, 4.69) is 120 Å². The quantitative estimate of drug-likeness (QED) is 0.161. The van der Waals surface area contributed by atoms with Gasteiger partial charge in [-0.3, -0.25) is 0 Å². The van der Waals surface area contributed by atoms with Crippen molar-refractivity contribution in [2.24, 2.45) is 46.3 Å². The van der Waals surface area contributed by atoms with Crippen LogP contribution in [0.1, 0.15) is 99.3 Å².